The lowest BCUT2D eigenvalue weighted by atomic mass is 9.70. The van der Waals surface area contributed by atoms with Crippen LogP contribution in [0.3, 0.4) is 0 Å². The summed E-state index contributed by atoms with van der Waals surface area (Å²) in [5.74, 6) is 1.45. The standard InChI is InChI=1S/C16H29N3O2/c1-5-17-12-7-13-18-14(19-21-13)16(20-6-2)10-8-15(3,4)9-11-16/h17H,5-12H2,1-4H3. The van der Waals surface area contributed by atoms with Gasteiger partial charge in [0.15, 0.2) is 0 Å². The Morgan fingerprint density at radius 1 is 1.19 bits per heavy atom. The highest BCUT2D eigenvalue weighted by atomic mass is 16.5. The van der Waals surface area contributed by atoms with E-state index in [-0.39, 0.29) is 5.60 Å². The molecule has 5 nitrogen and oxygen atoms in total. The van der Waals surface area contributed by atoms with Gasteiger partial charge in [-0.1, -0.05) is 25.9 Å². The third kappa shape index (κ3) is 4.04. The largest absolute Gasteiger partial charge is 0.367 e. The molecule has 0 radical (unpaired) electrons. The normalized spacial score (nSPS) is 20.6. The van der Waals surface area contributed by atoms with Gasteiger partial charge >= 0.3 is 0 Å². The van der Waals surface area contributed by atoms with Crippen LogP contribution < -0.4 is 5.32 Å². The maximum atomic E-state index is 6.09. The molecule has 5 heteroatoms. The first-order valence-corrected chi connectivity index (χ1v) is 8.19. The van der Waals surface area contributed by atoms with Crippen LogP contribution in [-0.2, 0) is 16.8 Å². The lowest BCUT2D eigenvalue weighted by molar-refractivity contribution is -0.0957. The highest BCUT2D eigenvalue weighted by molar-refractivity contribution is 5.05. The van der Waals surface area contributed by atoms with Gasteiger partial charge in [0.2, 0.25) is 11.7 Å². The summed E-state index contributed by atoms with van der Waals surface area (Å²) in [6.45, 7) is 11.3. The third-order valence-corrected chi connectivity index (χ3v) is 4.47. The van der Waals surface area contributed by atoms with E-state index in [1.807, 2.05) is 6.92 Å². The molecule has 1 aromatic rings. The fourth-order valence-corrected chi connectivity index (χ4v) is 2.95. The molecule has 21 heavy (non-hydrogen) atoms. The smallest absolute Gasteiger partial charge is 0.228 e. The second-order valence-electron chi connectivity index (χ2n) is 6.71. The maximum Gasteiger partial charge on any atom is 0.228 e. The number of hydrogen-bond donors (Lipinski definition) is 1. The van der Waals surface area contributed by atoms with Crippen LogP contribution in [0.2, 0.25) is 0 Å². The van der Waals surface area contributed by atoms with Crippen molar-refractivity contribution in [2.45, 2.75) is 65.4 Å². The van der Waals surface area contributed by atoms with Gasteiger partial charge in [0.05, 0.1) is 0 Å². The van der Waals surface area contributed by atoms with E-state index in [1.54, 1.807) is 0 Å². The molecule has 1 N–H and O–H groups in total. The summed E-state index contributed by atoms with van der Waals surface area (Å²) in [4.78, 5) is 4.60. The molecule has 1 aromatic heterocycles. The molecule has 1 saturated carbocycles. The Morgan fingerprint density at radius 3 is 2.52 bits per heavy atom. The van der Waals surface area contributed by atoms with Gasteiger partial charge in [0.1, 0.15) is 5.60 Å². The fourth-order valence-electron chi connectivity index (χ4n) is 2.95. The molecule has 0 spiro atoms. The van der Waals surface area contributed by atoms with Crippen molar-refractivity contribution < 1.29 is 9.26 Å². The minimum atomic E-state index is -0.343. The second-order valence-corrected chi connectivity index (χ2v) is 6.71. The van der Waals surface area contributed by atoms with Crippen molar-refractivity contribution in [1.82, 2.24) is 15.5 Å². The molecule has 0 aliphatic heterocycles. The predicted molar refractivity (Wildman–Crippen MR) is 82.1 cm³/mol. The lowest BCUT2D eigenvalue weighted by Crippen LogP contribution is -2.38. The van der Waals surface area contributed by atoms with Crippen LogP contribution in [0.4, 0.5) is 0 Å². The lowest BCUT2D eigenvalue weighted by Gasteiger charge is -2.41. The van der Waals surface area contributed by atoms with Gasteiger partial charge in [0, 0.05) is 19.6 Å². The van der Waals surface area contributed by atoms with Gasteiger partial charge in [-0.2, -0.15) is 4.98 Å². The monoisotopic (exact) mass is 295 g/mol. The quantitative estimate of drug-likeness (QED) is 0.783. The highest BCUT2D eigenvalue weighted by Crippen LogP contribution is 2.46. The Hall–Kier alpha value is -0.940. The van der Waals surface area contributed by atoms with E-state index in [0.29, 0.717) is 17.9 Å². The van der Waals surface area contributed by atoms with E-state index in [1.165, 1.54) is 0 Å². The number of nitrogens with one attached hydrogen (secondary N) is 1. The molecule has 0 amide bonds. The minimum Gasteiger partial charge on any atom is -0.367 e. The zero-order valence-corrected chi connectivity index (χ0v) is 13.9. The van der Waals surface area contributed by atoms with Gasteiger partial charge < -0.3 is 14.6 Å². The first kappa shape index (κ1) is 16.4. The molecular formula is C16H29N3O2. The van der Waals surface area contributed by atoms with E-state index in [0.717, 1.165) is 51.0 Å². The number of aromatic nitrogens is 2. The molecule has 0 aromatic carbocycles. The molecule has 120 valence electrons. The molecule has 1 aliphatic carbocycles. The van der Waals surface area contributed by atoms with Crippen LogP contribution in [0.1, 0.15) is 65.1 Å². The summed E-state index contributed by atoms with van der Waals surface area (Å²) in [5, 5.41) is 7.49. The van der Waals surface area contributed by atoms with E-state index in [2.05, 4.69) is 36.2 Å². The topological polar surface area (TPSA) is 60.2 Å². The Kier molecular flexibility index (Phi) is 5.38. The van der Waals surface area contributed by atoms with Gasteiger partial charge in [-0.15, -0.1) is 0 Å². The molecule has 0 unspecified atom stereocenters. The van der Waals surface area contributed by atoms with Crippen LogP contribution in [0.15, 0.2) is 4.52 Å². The van der Waals surface area contributed by atoms with Crippen molar-refractivity contribution in [2.24, 2.45) is 5.41 Å². The van der Waals surface area contributed by atoms with Gasteiger partial charge in [-0.3, -0.25) is 0 Å². The van der Waals surface area contributed by atoms with Crippen LogP contribution in [0, 0.1) is 5.41 Å². The average Bonchev–Trinajstić information content (AvgIpc) is 2.91. The zero-order valence-electron chi connectivity index (χ0n) is 13.9. The van der Waals surface area contributed by atoms with Crippen LogP contribution >= 0.6 is 0 Å². The van der Waals surface area contributed by atoms with E-state index in [9.17, 15) is 0 Å². The second kappa shape index (κ2) is 6.88. The van der Waals surface area contributed by atoms with Crippen LogP contribution in [0.5, 0.6) is 0 Å². The molecule has 0 atom stereocenters. The number of nitrogens with zero attached hydrogens (tertiary/aromatic N) is 2. The number of likely N-dealkylation sites (N-methyl/N-ethyl adjacent to an activating group) is 1. The summed E-state index contributed by atoms with van der Waals surface area (Å²) in [6.07, 6.45) is 4.98. The molecule has 1 heterocycles. The molecule has 1 fully saturated rings. The van der Waals surface area contributed by atoms with Crippen molar-refractivity contribution in [3.05, 3.63) is 11.7 Å². The van der Waals surface area contributed by atoms with E-state index >= 15 is 0 Å². The number of hydrogen-bond acceptors (Lipinski definition) is 5. The minimum absolute atomic E-state index is 0.343. The Morgan fingerprint density at radius 2 is 1.90 bits per heavy atom. The summed E-state index contributed by atoms with van der Waals surface area (Å²) in [7, 11) is 0. The fraction of sp³-hybridized carbons (Fsp3) is 0.875. The zero-order chi connectivity index (χ0) is 15.3. The van der Waals surface area contributed by atoms with Gasteiger partial charge in [-0.05, 0) is 44.6 Å². The SMILES string of the molecule is CCNCCc1nc(C2(OCC)CCC(C)(C)CC2)no1. The van der Waals surface area contributed by atoms with Crippen LogP contribution in [-0.4, -0.2) is 29.8 Å². The van der Waals surface area contributed by atoms with Gasteiger partial charge in [0.25, 0.3) is 0 Å². The Bertz CT molecular complexity index is 432. The number of rotatable bonds is 7. The predicted octanol–water partition coefficient (Wildman–Crippen LogP) is 3.05. The first-order valence-electron chi connectivity index (χ1n) is 8.19. The Balaban J connectivity index is 2.08. The summed E-state index contributed by atoms with van der Waals surface area (Å²) in [5.41, 5.74) is 0.0441. The summed E-state index contributed by atoms with van der Waals surface area (Å²) >= 11 is 0. The number of ether oxygens (including phenoxy) is 1. The van der Waals surface area contributed by atoms with Crippen molar-refractivity contribution in [3.8, 4) is 0 Å². The van der Waals surface area contributed by atoms with Crippen molar-refractivity contribution in [3.63, 3.8) is 0 Å². The third-order valence-electron chi connectivity index (χ3n) is 4.47. The van der Waals surface area contributed by atoms with Gasteiger partial charge in [-0.25, -0.2) is 0 Å². The molecule has 1 aliphatic rings. The summed E-state index contributed by atoms with van der Waals surface area (Å²) < 4.78 is 11.5. The molecule has 0 bridgehead atoms. The van der Waals surface area contributed by atoms with Crippen LogP contribution in [0.25, 0.3) is 0 Å². The maximum absolute atomic E-state index is 6.09. The van der Waals surface area contributed by atoms with Crippen molar-refractivity contribution in [2.75, 3.05) is 19.7 Å². The molecular weight excluding hydrogens is 266 g/mol. The van der Waals surface area contributed by atoms with Crippen molar-refractivity contribution in [1.29, 1.82) is 0 Å². The first-order chi connectivity index (χ1) is 10.0. The molecule has 2 rings (SSSR count). The van der Waals surface area contributed by atoms with Crippen molar-refractivity contribution >= 4 is 0 Å². The van der Waals surface area contributed by atoms with E-state index < -0.39 is 0 Å². The van der Waals surface area contributed by atoms with E-state index in [4.69, 9.17) is 9.26 Å². The molecule has 0 saturated heterocycles. The highest BCUT2D eigenvalue weighted by Gasteiger charge is 2.43. The Labute approximate surface area is 127 Å². The average molecular weight is 295 g/mol. The summed E-state index contributed by atoms with van der Waals surface area (Å²) in [6, 6.07) is 0.